The molecule has 0 bridgehead atoms. The number of ether oxygens (including phenoxy) is 4. The van der Waals surface area contributed by atoms with Gasteiger partial charge in [0, 0.05) is 21.3 Å². The van der Waals surface area contributed by atoms with E-state index in [1.165, 1.54) is 38.5 Å². The van der Waals surface area contributed by atoms with Crippen LogP contribution in [-0.2, 0) is 18.9 Å². The molecule has 1 saturated heterocycles. The zero-order valence-corrected chi connectivity index (χ0v) is 17.6. The molecule has 0 amide bonds. The van der Waals surface area contributed by atoms with Gasteiger partial charge in [-0.25, -0.2) is 0 Å². The predicted molar refractivity (Wildman–Crippen MR) is 103 cm³/mol. The van der Waals surface area contributed by atoms with Gasteiger partial charge in [-0.1, -0.05) is 59.3 Å². The zero-order chi connectivity index (χ0) is 18.8. The fourth-order valence-corrected chi connectivity index (χ4v) is 4.36. The summed E-state index contributed by atoms with van der Waals surface area (Å²) in [5, 5.41) is 0. The van der Waals surface area contributed by atoms with E-state index in [1.54, 1.807) is 21.3 Å². The van der Waals surface area contributed by atoms with E-state index >= 15 is 0 Å². The molecule has 0 aliphatic carbocycles. The van der Waals surface area contributed by atoms with Crippen molar-refractivity contribution in [3.05, 3.63) is 0 Å². The average molecular weight is 359 g/mol. The molecule has 0 aromatic rings. The quantitative estimate of drug-likeness (QED) is 0.202. The van der Waals surface area contributed by atoms with Gasteiger partial charge in [0.15, 0.2) is 0 Å². The highest BCUT2D eigenvalue weighted by molar-refractivity contribution is 4.92. The maximum Gasteiger partial charge on any atom is 0.288 e. The number of rotatable bonds is 16. The maximum atomic E-state index is 5.81. The van der Waals surface area contributed by atoms with E-state index in [-0.39, 0.29) is 5.41 Å². The van der Waals surface area contributed by atoms with Gasteiger partial charge in [0.1, 0.15) is 0 Å². The van der Waals surface area contributed by atoms with E-state index in [0.717, 1.165) is 32.1 Å². The van der Waals surface area contributed by atoms with Crippen LogP contribution in [0.4, 0.5) is 0 Å². The lowest BCUT2D eigenvalue weighted by Crippen LogP contribution is -2.53. The predicted octanol–water partition coefficient (Wildman–Crippen LogP) is 5.68. The molecule has 4 heteroatoms. The molecule has 0 saturated carbocycles. The molecule has 1 aliphatic rings. The van der Waals surface area contributed by atoms with Crippen molar-refractivity contribution in [3.63, 3.8) is 0 Å². The van der Waals surface area contributed by atoms with Crippen molar-refractivity contribution in [3.8, 4) is 0 Å². The van der Waals surface area contributed by atoms with Gasteiger partial charge >= 0.3 is 0 Å². The molecular weight excluding hydrogens is 316 g/mol. The second kappa shape index (κ2) is 11.5. The van der Waals surface area contributed by atoms with Crippen molar-refractivity contribution in [2.75, 3.05) is 21.3 Å². The summed E-state index contributed by atoms with van der Waals surface area (Å²) in [5.74, 6) is -0.970. The molecule has 3 atom stereocenters. The third kappa shape index (κ3) is 5.92. The topological polar surface area (TPSA) is 40.2 Å². The second-order valence-electron chi connectivity index (χ2n) is 7.48. The number of hydrogen-bond acceptors (Lipinski definition) is 4. The van der Waals surface area contributed by atoms with Gasteiger partial charge in [0.25, 0.3) is 5.97 Å². The van der Waals surface area contributed by atoms with Crippen molar-refractivity contribution >= 4 is 0 Å². The smallest absolute Gasteiger partial charge is 0.288 e. The molecule has 0 spiro atoms. The van der Waals surface area contributed by atoms with Gasteiger partial charge in [-0.15, -0.1) is 0 Å². The molecule has 3 unspecified atom stereocenters. The Bertz CT molecular complexity index is 335. The molecule has 0 aromatic heterocycles. The molecule has 1 fully saturated rings. The largest absolute Gasteiger partial charge is 0.370 e. The summed E-state index contributed by atoms with van der Waals surface area (Å²) in [7, 11) is 5.09. The monoisotopic (exact) mass is 358 g/mol. The van der Waals surface area contributed by atoms with Crippen LogP contribution in [0.2, 0.25) is 0 Å². The maximum absolute atomic E-state index is 5.81. The molecule has 0 aromatic carbocycles. The number of hydrogen-bond donors (Lipinski definition) is 0. The Morgan fingerprint density at radius 2 is 1.36 bits per heavy atom. The Morgan fingerprint density at radius 3 is 1.84 bits per heavy atom. The van der Waals surface area contributed by atoms with Crippen LogP contribution >= 0.6 is 0 Å². The van der Waals surface area contributed by atoms with Gasteiger partial charge in [-0.2, -0.15) is 0 Å². The highest BCUT2D eigenvalue weighted by Gasteiger charge is 2.53. The van der Waals surface area contributed by atoms with Crippen molar-refractivity contribution in [1.29, 1.82) is 0 Å². The van der Waals surface area contributed by atoms with Crippen molar-refractivity contribution in [2.24, 2.45) is 5.41 Å². The summed E-state index contributed by atoms with van der Waals surface area (Å²) in [4.78, 5) is 0. The lowest BCUT2D eigenvalue weighted by atomic mass is 9.73. The third-order valence-electron chi connectivity index (χ3n) is 6.14. The standard InChI is InChI=1S/C21H42O4/c1-7-10-11-12-13-14-16-20(9-3,21(22-4,23-5)24-6)17-15-19-18(8-2)25-19/h18-19H,7-17H2,1-6H3. The van der Waals surface area contributed by atoms with Gasteiger partial charge < -0.3 is 18.9 Å². The first-order valence-corrected chi connectivity index (χ1v) is 10.4. The summed E-state index contributed by atoms with van der Waals surface area (Å²) in [6.07, 6.45) is 13.8. The summed E-state index contributed by atoms with van der Waals surface area (Å²) in [6.45, 7) is 6.68. The lowest BCUT2D eigenvalue weighted by Gasteiger charge is -2.47. The van der Waals surface area contributed by atoms with Crippen LogP contribution in [0.1, 0.15) is 91.4 Å². The van der Waals surface area contributed by atoms with E-state index in [9.17, 15) is 0 Å². The van der Waals surface area contributed by atoms with Crippen LogP contribution in [-0.4, -0.2) is 39.5 Å². The van der Waals surface area contributed by atoms with Crippen molar-refractivity contribution < 1.29 is 18.9 Å². The van der Waals surface area contributed by atoms with Crippen LogP contribution in [0.5, 0.6) is 0 Å². The summed E-state index contributed by atoms with van der Waals surface area (Å²) >= 11 is 0. The van der Waals surface area contributed by atoms with Crippen LogP contribution < -0.4 is 0 Å². The highest BCUT2D eigenvalue weighted by Crippen LogP contribution is 2.48. The number of epoxide rings is 1. The molecule has 1 rings (SSSR count). The van der Waals surface area contributed by atoms with Gasteiger partial charge in [-0.3, -0.25) is 0 Å². The fourth-order valence-electron chi connectivity index (χ4n) is 4.36. The van der Waals surface area contributed by atoms with Gasteiger partial charge in [-0.05, 0) is 32.1 Å². The summed E-state index contributed by atoms with van der Waals surface area (Å²) < 4.78 is 23.2. The van der Waals surface area contributed by atoms with Crippen LogP contribution in [0.15, 0.2) is 0 Å². The Labute approximate surface area is 155 Å². The van der Waals surface area contributed by atoms with E-state index in [0.29, 0.717) is 12.2 Å². The minimum absolute atomic E-state index is 0.139. The van der Waals surface area contributed by atoms with E-state index < -0.39 is 5.97 Å². The lowest BCUT2D eigenvalue weighted by molar-refractivity contribution is -0.410. The van der Waals surface area contributed by atoms with Crippen LogP contribution in [0.3, 0.4) is 0 Å². The molecular formula is C21H42O4. The number of methoxy groups -OCH3 is 3. The first kappa shape index (κ1) is 22.9. The summed E-state index contributed by atoms with van der Waals surface area (Å²) in [6, 6.07) is 0. The average Bonchev–Trinajstić information content (AvgIpc) is 3.42. The molecule has 4 nitrogen and oxygen atoms in total. The first-order chi connectivity index (χ1) is 12.1. The molecule has 0 N–H and O–H groups in total. The van der Waals surface area contributed by atoms with E-state index in [4.69, 9.17) is 18.9 Å². The zero-order valence-electron chi connectivity index (χ0n) is 17.6. The minimum Gasteiger partial charge on any atom is -0.370 e. The van der Waals surface area contributed by atoms with Crippen molar-refractivity contribution in [2.45, 2.75) is 110 Å². The van der Waals surface area contributed by atoms with Gasteiger partial charge in [0.2, 0.25) is 0 Å². The normalized spacial score (nSPS) is 22.8. The minimum atomic E-state index is -0.970. The van der Waals surface area contributed by atoms with Gasteiger partial charge in [0.05, 0.1) is 17.6 Å². The molecule has 25 heavy (non-hydrogen) atoms. The Hall–Kier alpha value is -0.160. The Balaban J connectivity index is 2.72. The number of unbranched alkanes of at least 4 members (excludes halogenated alkanes) is 5. The fraction of sp³-hybridized carbons (Fsp3) is 1.00. The van der Waals surface area contributed by atoms with E-state index in [1.807, 2.05) is 0 Å². The first-order valence-electron chi connectivity index (χ1n) is 10.4. The van der Waals surface area contributed by atoms with E-state index in [2.05, 4.69) is 20.8 Å². The molecule has 150 valence electrons. The summed E-state index contributed by atoms with van der Waals surface area (Å²) in [5.41, 5.74) is -0.139. The highest BCUT2D eigenvalue weighted by atomic mass is 16.9. The molecule has 1 heterocycles. The Kier molecular flexibility index (Phi) is 10.6. The Morgan fingerprint density at radius 1 is 0.760 bits per heavy atom. The molecule has 1 aliphatic heterocycles. The van der Waals surface area contributed by atoms with Crippen molar-refractivity contribution in [1.82, 2.24) is 0 Å². The molecule has 0 radical (unpaired) electrons. The second-order valence-corrected chi connectivity index (χ2v) is 7.48. The SMILES string of the molecule is CCCCCCCCC(CC)(CCC1OC1CC)C(OC)(OC)OC. The van der Waals surface area contributed by atoms with Crippen LogP contribution in [0, 0.1) is 5.41 Å². The third-order valence-corrected chi connectivity index (χ3v) is 6.14. The van der Waals surface area contributed by atoms with Crippen LogP contribution in [0.25, 0.3) is 0 Å².